The van der Waals surface area contributed by atoms with Crippen LogP contribution in [0.2, 0.25) is 5.02 Å². The van der Waals surface area contributed by atoms with Crippen LogP contribution < -0.4 is 10.2 Å². The fourth-order valence-corrected chi connectivity index (χ4v) is 3.01. The number of hydrogen-bond acceptors (Lipinski definition) is 2. The standard InChI is InChI=1S/C18H17ClN2O2/c1-11-7-14(19)4-5-15(11)20-17(22)9-12-3-6-16-13(8-12)10-18(23)21(16)2/h3-8H,9-10H2,1-2H3,(H,20,22). The van der Waals surface area contributed by atoms with Crippen LogP contribution in [0.25, 0.3) is 0 Å². The largest absolute Gasteiger partial charge is 0.326 e. The van der Waals surface area contributed by atoms with Crippen molar-refractivity contribution in [2.24, 2.45) is 0 Å². The fourth-order valence-electron chi connectivity index (χ4n) is 2.78. The van der Waals surface area contributed by atoms with Crippen LogP contribution in [-0.2, 0) is 22.4 Å². The van der Waals surface area contributed by atoms with E-state index in [0.29, 0.717) is 11.4 Å². The third-order valence-electron chi connectivity index (χ3n) is 4.05. The van der Waals surface area contributed by atoms with Gasteiger partial charge in [0.1, 0.15) is 0 Å². The highest BCUT2D eigenvalue weighted by Gasteiger charge is 2.24. The van der Waals surface area contributed by atoms with Gasteiger partial charge in [-0.25, -0.2) is 0 Å². The number of rotatable bonds is 3. The molecule has 0 unspecified atom stereocenters. The molecule has 0 saturated carbocycles. The molecule has 0 atom stereocenters. The number of halogens is 1. The zero-order valence-corrected chi connectivity index (χ0v) is 13.8. The van der Waals surface area contributed by atoms with Crippen LogP contribution >= 0.6 is 11.6 Å². The van der Waals surface area contributed by atoms with Gasteiger partial charge in [0.2, 0.25) is 11.8 Å². The predicted molar refractivity (Wildman–Crippen MR) is 92.1 cm³/mol. The summed E-state index contributed by atoms with van der Waals surface area (Å²) in [6.45, 7) is 1.90. The molecule has 0 radical (unpaired) electrons. The van der Waals surface area contributed by atoms with Gasteiger partial charge in [-0.2, -0.15) is 0 Å². The minimum Gasteiger partial charge on any atom is -0.326 e. The number of carbonyl (C=O) groups excluding carboxylic acids is 2. The molecular weight excluding hydrogens is 312 g/mol. The molecule has 0 aromatic heterocycles. The average molecular weight is 329 g/mol. The zero-order chi connectivity index (χ0) is 16.6. The molecule has 23 heavy (non-hydrogen) atoms. The van der Waals surface area contributed by atoms with Gasteiger partial charge in [-0.1, -0.05) is 23.7 Å². The number of benzene rings is 2. The van der Waals surface area contributed by atoms with Gasteiger partial charge >= 0.3 is 0 Å². The monoisotopic (exact) mass is 328 g/mol. The van der Waals surface area contributed by atoms with Crippen LogP contribution in [0.1, 0.15) is 16.7 Å². The van der Waals surface area contributed by atoms with E-state index in [9.17, 15) is 9.59 Å². The van der Waals surface area contributed by atoms with E-state index in [4.69, 9.17) is 11.6 Å². The summed E-state index contributed by atoms with van der Waals surface area (Å²) in [7, 11) is 1.77. The molecule has 1 N–H and O–H groups in total. The first-order valence-electron chi connectivity index (χ1n) is 7.38. The summed E-state index contributed by atoms with van der Waals surface area (Å²) in [5.74, 6) is -0.00792. The lowest BCUT2D eigenvalue weighted by Crippen LogP contribution is -2.20. The first kappa shape index (κ1) is 15.6. The van der Waals surface area contributed by atoms with Crippen LogP contribution in [0.3, 0.4) is 0 Å². The lowest BCUT2D eigenvalue weighted by molar-refractivity contribution is -0.117. The van der Waals surface area contributed by atoms with Crippen molar-refractivity contribution in [3.05, 3.63) is 58.1 Å². The van der Waals surface area contributed by atoms with Crippen molar-refractivity contribution >= 4 is 34.8 Å². The van der Waals surface area contributed by atoms with E-state index < -0.39 is 0 Å². The Hall–Kier alpha value is -2.33. The molecule has 0 saturated heterocycles. The molecule has 4 nitrogen and oxygen atoms in total. The van der Waals surface area contributed by atoms with E-state index in [1.807, 2.05) is 31.2 Å². The molecule has 0 aliphatic carbocycles. The molecule has 5 heteroatoms. The molecule has 1 aliphatic rings. The summed E-state index contributed by atoms with van der Waals surface area (Å²) in [5.41, 5.74) is 4.48. The van der Waals surface area contributed by atoms with Gasteiger partial charge in [0, 0.05) is 23.4 Å². The van der Waals surface area contributed by atoms with E-state index in [2.05, 4.69) is 5.32 Å². The molecular formula is C18H17ClN2O2. The Labute approximate surface area is 140 Å². The molecule has 2 amide bonds. The van der Waals surface area contributed by atoms with Crippen molar-refractivity contribution in [1.82, 2.24) is 0 Å². The Kier molecular flexibility index (Phi) is 4.09. The number of aryl methyl sites for hydroxylation is 1. The highest BCUT2D eigenvalue weighted by atomic mass is 35.5. The third kappa shape index (κ3) is 3.22. The number of anilines is 2. The topological polar surface area (TPSA) is 49.4 Å². The Bertz CT molecular complexity index is 802. The molecule has 0 fully saturated rings. The van der Waals surface area contributed by atoms with Crippen molar-refractivity contribution in [2.75, 3.05) is 17.3 Å². The summed E-state index contributed by atoms with van der Waals surface area (Å²) < 4.78 is 0. The smallest absolute Gasteiger partial charge is 0.231 e. The van der Waals surface area contributed by atoms with Crippen molar-refractivity contribution < 1.29 is 9.59 Å². The summed E-state index contributed by atoms with van der Waals surface area (Å²) in [4.78, 5) is 25.6. The second-order valence-electron chi connectivity index (χ2n) is 5.78. The number of nitrogens with zero attached hydrogens (tertiary/aromatic N) is 1. The Morgan fingerprint density at radius 1 is 1.26 bits per heavy atom. The maximum Gasteiger partial charge on any atom is 0.231 e. The van der Waals surface area contributed by atoms with Gasteiger partial charge in [0.15, 0.2) is 0 Å². The first-order valence-corrected chi connectivity index (χ1v) is 7.76. The zero-order valence-electron chi connectivity index (χ0n) is 13.0. The van der Waals surface area contributed by atoms with Crippen LogP contribution in [-0.4, -0.2) is 18.9 Å². The van der Waals surface area contributed by atoms with E-state index >= 15 is 0 Å². The summed E-state index contributed by atoms with van der Waals surface area (Å²) in [6, 6.07) is 11.1. The number of nitrogens with one attached hydrogen (secondary N) is 1. The van der Waals surface area contributed by atoms with Gasteiger partial charge in [-0.15, -0.1) is 0 Å². The van der Waals surface area contributed by atoms with E-state index in [1.165, 1.54) is 0 Å². The minimum atomic E-state index is -0.0898. The van der Waals surface area contributed by atoms with Crippen LogP contribution in [0.5, 0.6) is 0 Å². The highest BCUT2D eigenvalue weighted by molar-refractivity contribution is 6.30. The predicted octanol–water partition coefficient (Wildman–Crippen LogP) is 3.35. The third-order valence-corrected chi connectivity index (χ3v) is 4.28. The quantitative estimate of drug-likeness (QED) is 0.939. The van der Waals surface area contributed by atoms with Gasteiger partial charge in [0.25, 0.3) is 0 Å². The number of likely N-dealkylation sites (N-methyl/N-ethyl adjacent to an activating group) is 1. The summed E-state index contributed by atoms with van der Waals surface area (Å²) in [5, 5.41) is 3.54. The first-order chi connectivity index (χ1) is 10.9. The van der Waals surface area contributed by atoms with Crippen molar-refractivity contribution in [2.45, 2.75) is 19.8 Å². The summed E-state index contributed by atoms with van der Waals surface area (Å²) in [6.07, 6.45) is 0.671. The maximum atomic E-state index is 12.2. The fraction of sp³-hybridized carbons (Fsp3) is 0.222. The molecule has 1 aliphatic heterocycles. The van der Waals surface area contributed by atoms with Gasteiger partial charge in [-0.05, 0) is 47.9 Å². The number of amides is 2. The summed E-state index contributed by atoms with van der Waals surface area (Å²) >= 11 is 5.92. The maximum absolute atomic E-state index is 12.2. The second kappa shape index (κ2) is 6.05. The van der Waals surface area contributed by atoms with Crippen molar-refractivity contribution in [3.63, 3.8) is 0 Å². The lowest BCUT2D eigenvalue weighted by Gasteiger charge is -2.11. The van der Waals surface area contributed by atoms with Gasteiger partial charge in [0.05, 0.1) is 12.8 Å². The average Bonchev–Trinajstić information content (AvgIpc) is 2.77. The highest BCUT2D eigenvalue weighted by Crippen LogP contribution is 2.28. The van der Waals surface area contributed by atoms with Gasteiger partial charge in [-0.3, -0.25) is 9.59 Å². The minimum absolute atomic E-state index is 0.0818. The SMILES string of the molecule is Cc1cc(Cl)ccc1NC(=O)Cc1ccc2c(c1)CC(=O)N2C. The van der Waals surface area contributed by atoms with Crippen LogP contribution in [0.4, 0.5) is 11.4 Å². The molecule has 118 valence electrons. The van der Waals surface area contributed by atoms with Crippen molar-refractivity contribution in [1.29, 1.82) is 0 Å². The Morgan fingerprint density at radius 2 is 2.04 bits per heavy atom. The molecule has 0 spiro atoms. The Balaban J connectivity index is 1.71. The number of carbonyl (C=O) groups is 2. The molecule has 1 heterocycles. The van der Waals surface area contributed by atoms with E-state index in [-0.39, 0.29) is 18.2 Å². The molecule has 2 aromatic rings. The molecule has 3 rings (SSSR count). The van der Waals surface area contributed by atoms with E-state index in [1.54, 1.807) is 24.1 Å². The normalized spacial score (nSPS) is 13.2. The lowest BCUT2D eigenvalue weighted by atomic mass is 10.1. The van der Waals surface area contributed by atoms with Gasteiger partial charge < -0.3 is 10.2 Å². The molecule has 0 bridgehead atoms. The van der Waals surface area contributed by atoms with Crippen LogP contribution in [0, 0.1) is 6.92 Å². The van der Waals surface area contributed by atoms with E-state index in [0.717, 1.165) is 28.1 Å². The second-order valence-corrected chi connectivity index (χ2v) is 6.21. The number of hydrogen-bond donors (Lipinski definition) is 1. The Morgan fingerprint density at radius 3 is 2.78 bits per heavy atom. The van der Waals surface area contributed by atoms with Crippen molar-refractivity contribution in [3.8, 4) is 0 Å². The van der Waals surface area contributed by atoms with Crippen LogP contribution in [0.15, 0.2) is 36.4 Å². The number of fused-ring (bicyclic) bond motifs is 1. The molecule has 2 aromatic carbocycles.